The lowest BCUT2D eigenvalue weighted by molar-refractivity contribution is 0.642. The van der Waals surface area contributed by atoms with Gasteiger partial charge in [-0.05, 0) is 65.8 Å². The normalized spacial score (nSPS) is 11.7. The molecule has 6 heterocycles. The highest BCUT2D eigenvalue weighted by atomic mass is 32.2. The summed E-state index contributed by atoms with van der Waals surface area (Å²) < 4.78 is 6.17. The van der Waals surface area contributed by atoms with E-state index in [1.54, 1.807) is 62.9 Å². The molecule has 0 unspecified atom stereocenters. The number of thioether (sulfide) groups is 1. The second kappa shape index (κ2) is 14.5. The van der Waals surface area contributed by atoms with E-state index in [0.717, 1.165) is 66.8 Å². The molecule has 242 valence electrons. The van der Waals surface area contributed by atoms with E-state index in [0.29, 0.717) is 5.39 Å². The molecule has 0 saturated carbocycles. The Morgan fingerprint density at radius 1 is 0.723 bits per heavy atom. The molecule has 0 fully saturated rings. The lowest BCUT2D eigenvalue weighted by Crippen LogP contribution is -2.23. The first kappa shape index (κ1) is 33.9. The van der Waals surface area contributed by atoms with Crippen LogP contribution in [0.4, 0.5) is 0 Å². The summed E-state index contributed by atoms with van der Waals surface area (Å²) in [5, 5.41) is 4.56. The van der Waals surface area contributed by atoms with Crippen molar-refractivity contribution in [3.8, 4) is 0 Å². The van der Waals surface area contributed by atoms with Crippen LogP contribution in [0.15, 0.2) is 79.6 Å². The van der Waals surface area contributed by atoms with Crippen molar-refractivity contribution in [1.29, 1.82) is 0 Å². The van der Waals surface area contributed by atoms with Gasteiger partial charge in [0.2, 0.25) is 0 Å². The van der Waals surface area contributed by atoms with E-state index >= 15 is 0 Å². The molecule has 2 aromatic carbocycles. The van der Waals surface area contributed by atoms with Crippen LogP contribution >= 0.6 is 34.4 Å². The van der Waals surface area contributed by atoms with Gasteiger partial charge in [-0.1, -0.05) is 36.0 Å². The molecule has 0 amide bonds. The second-order valence-corrected chi connectivity index (χ2v) is 14.0. The monoisotopic (exact) mass is 685 g/mol. The van der Waals surface area contributed by atoms with Crippen molar-refractivity contribution >= 4 is 60.5 Å². The number of aromatic nitrogens is 7. The van der Waals surface area contributed by atoms with Gasteiger partial charge in [-0.2, -0.15) is 0 Å². The number of benzene rings is 2. The van der Waals surface area contributed by atoms with Crippen LogP contribution in [0.25, 0.3) is 26.1 Å². The highest BCUT2D eigenvalue weighted by molar-refractivity contribution is 7.99. The SMILES string of the molecule is Cc1nc2ccccc2c(=O)n1C.Cc1nc2ccccc2s1.Cc1nc2n(c(=O)c1C)CCS2.Cc1nc2sccn2c(=O)c1C. The molecule has 5 aromatic heterocycles. The van der Waals surface area contributed by atoms with Crippen LogP contribution in [0.5, 0.6) is 0 Å². The third-order valence-corrected chi connectivity index (χ3v) is 10.4. The topological polar surface area (TPSA) is 117 Å². The number of rotatable bonds is 0. The maximum Gasteiger partial charge on any atom is 0.261 e. The fourth-order valence-electron chi connectivity index (χ4n) is 4.65. The zero-order valence-corrected chi connectivity index (χ0v) is 29.7. The molecule has 8 rings (SSSR count). The summed E-state index contributed by atoms with van der Waals surface area (Å²) in [4.78, 5) is 52.8. The van der Waals surface area contributed by atoms with Gasteiger partial charge < -0.3 is 0 Å². The van der Waals surface area contributed by atoms with Gasteiger partial charge in [-0.15, -0.1) is 22.7 Å². The predicted octanol–water partition coefficient (Wildman–Crippen LogP) is 6.19. The molecule has 0 bridgehead atoms. The molecule has 0 aliphatic carbocycles. The minimum absolute atomic E-state index is 0.0168. The minimum atomic E-state index is 0.0168. The number of hydrogen-bond donors (Lipinski definition) is 0. The quantitative estimate of drug-likeness (QED) is 0.174. The Labute approximate surface area is 283 Å². The van der Waals surface area contributed by atoms with Crippen molar-refractivity contribution in [3.05, 3.63) is 125 Å². The molecule has 0 radical (unpaired) electrons. The second-order valence-electron chi connectivity index (χ2n) is 10.8. The summed E-state index contributed by atoms with van der Waals surface area (Å²) in [6.07, 6.45) is 1.75. The first-order valence-corrected chi connectivity index (χ1v) is 17.5. The van der Waals surface area contributed by atoms with Gasteiger partial charge in [0.05, 0.1) is 26.1 Å². The molecule has 1 aliphatic heterocycles. The lowest BCUT2D eigenvalue weighted by Gasteiger charge is -2.04. The molecular formula is C34H35N7O3S3. The number of aryl methyl sites for hydroxylation is 4. The van der Waals surface area contributed by atoms with Crippen LogP contribution < -0.4 is 16.7 Å². The van der Waals surface area contributed by atoms with Gasteiger partial charge in [0.15, 0.2) is 10.1 Å². The van der Waals surface area contributed by atoms with Crippen molar-refractivity contribution in [2.45, 2.75) is 53.2 Å². The van der Waals surface area contributed by atoms with Crippen molar-refractivity contribution in [3.63, 3.8) is 0 Å². The summed E-state index contributed by atoms with van der Waals surface area (Å²) >= 11 is 4.87. The summed E-state index contributed by atoms with van der Waals surface area (Å²) in [6, 6.07) is 15.6. The number of thiazole rings is 2. The predicted molar refractivity (Wildman–Crippen MR) is 194 cm³/mol. The van der Waals surface area contributed by atoms with Gasteiger partial charge in [0.1, 0.15) is 5.82 Å². The Balaban J connectivity index is 0.000000123. The maximum absolute atomic E-state index is 11.7. The zero-order chi connectivity index (χ0) is 33.8. The third kappa shape index (κ3) is 7.42. The Bertz CT molecular complexity index is 2370. The molecule has 13 heteroatoms. The van der Waals surface area contributed by atoms with Gasteiger partial charge >= 0.3 is 0 Å². The highest BCUT2D eigenvalue weighted by Crippen LogP contribution is 2.22. The van der Waals surface area contributed by atoms with Crippen LogP contribution in [0.3, 0.4) is 0 Å². The van der Waals surface area contributed by atoms with E-state index in [1.807, 2.05) is 76.4 Å². The molecule has 0 spiro atoms. The average molecular weight is 686 g/mol. The molecule has 47 heavy (non-hydrogen) atoms. The smallest absolute Gasteiger partial charge is 0.261 e. The van der Waals surface area contributed by atoms with Crippen molar-refractivity contribution in [2.24, 2.45) is 7.05 Å². The lowest BCUT2D eigenvalue weighted by atomic mass is 10.2. The summed E-state index contributed by atoms with van der Waals surface area (Å²) in [6.45, 7) is 12.0. The third-order valence-electron chi connectivity index (χ3n) is 7.69. The van der Waals surface area contributed by atoms with E-state index in [9.17, 15) is 14.4 Å². The standard InChI is InChI=1S/C10H10N2O.C8H10N2OS.C8H8N2OS.C8H7NS/c1-7-11-9-6-4-3-5-8(9)10(13)12(7)2;2*1-5-6(2)9-8-10(7(5)11)3-4-12-8;1-6-9-7-4-2-3-5-8(7)10-6/h3-6H,1-2H3;3-4H2,1-2H3;3-4H,1-2H3;2-5H,1H3. The Hall–Kier alpha value is -4.46. The van der Waals surface area contributed by atoms with Crippen molar-refractivity contribution in [2.75, 3.05) is 5.75 Å². The molecular weight excluding hydrogens is 651 g/mol. The number of para-hydroxylation sites is 2. The Morgan fingerprint density at radius 3 is 2.13 bits per heavy atom. The fraction of sp³-hybridized carbons (Fsp3) is 0.265. The van der Waals surface area contributed by atoms with E-state index in [1.165, 1.54) is 16.0 Å². The van der Waals surface area contributed by atoms with E-state index in [4.69, 9.17) is 0 Å². The van der Waals surface area contributed by atoms with Crippen LogP contribution in [0.1, 0.15) is 33.3 Å². The summed E-state index contributed by atoms with van der Waals surface area (Å²) in [5.74, 6) is 1.72. The molecule has 1 aliphatic rings. The number of fused-ring (bicyclic) bond motifs is 4. The zero-order valence-electron chi connectivity index (χ0n) is 27.3. The summed E-state index contributed by atoms with van der Waals surface area (Å²) in [5.41, 5.74) is 5.26. The number of nitrogens with zero attached hydrogens (tertiary/aromatic N) is 7. The van der Waals surface area contributed by atoms with Crippen LogP contribution in [-0.2, 0) is 13.6 Å². The largest absolute Gasteiger partial charge is 0.299 e. The summed E-state index contributed by atoms with van der Waals surface area (Å²) in [7, 11) is 1.73. The first-order valence-electron chi connectivity index (χ1n) is 14.8. The van der Waals surface area contributed by atoms with Crippen LogP contribution in [0, 0.1) is 41.5 Å². The van der Waals surface area contributed by atoms with Crippen molar-refractivity contribution < 1.29 is 0 Å². The van der Waals surface area contributed by atoms with E-state index < -0.39 is 0 Å². The first-order chi connectivity index (χ1) is 22.5. The number of hydrogen-bond acceptors (Lipinski definition) is 10. The molecule has 0 atom stereocenters. The fourth-order valence-corrected chi connectivity index (χ4v) is 7.22. The van der Waals surface area contributed by atoms with E-state index in [-0.39, 0.29) is 16.7 Å². The maximum atomic E-state index is 11.7. The minimum Gasteiger partial charge on any atom is -0.299 e. The van der Waals surface area contributed by atoms with Gasteiger partial charge in [0.25, 0.3) is 16.7 Å². The Morgan fingerprint density at radius 2 is 1.38 bits per heavy atom. The van der Waals surface area contributed by atoms with Gasteiger partial charge in [-0.25, -0.2) is 19.9 Å². The highest BCUT2D eigenvalue weighted by Gasteiger charge is 2.16. The molecule has 10 nitrogen and oxygen atoms in total. The van der Waals surface area contributed by atoms with Crippen LogP contribution in [0.2, 0.25) is 0 Å². The Kier molecular flexibility index (Phi) is 10.5. The molecule has 0 N–H and O–H groups in total. The van der Waals surface area contributed by atoms with Crippen LogP contribution in [-0.4, -0.2) is 39.2 Å². The molecule has 0 saturated heterocycles. The molecule has 7 aromatic rings. The van der Waals surface area contributed by atoms with E-state index in [2.05, 4.69) is 26.0 Å². The average Bonchev–Trinajstić information content (AvgIpc) is 3.82. The van der Waals surface area contributed by atoms with Gasteiger partial charge in [-0.3, -0.25) is 27.9 Å². The van der Waals surface area contributed by atoms with Crippen molar-refractivity contribution in [1.82, 2.24) is 33.5 Å². The van der Waals surface area contributed by atoms with Gasteiger partial charge in [0, 0.05) is 53.4 Å².